The van der Waals surface area contributed by atoms with Gasteiger partial charge >= 0.3 is 0 Å². The van der Waals surface area contributed by atoms with E-state index >= 15 is 0 Å². The van der Waals surface area contributed by atoms with Gasteiger partial charge in [-0.25, -0.2) is 4.39 Å². The molecule has 0 bridgehead atoms. The molecule has 1 aromatic carbocycles. The molecule has 0 fully saturated rings. The number of carbonyl (C=O) groups excluding carboxylic acids is 1. The Balaban J connectivity index is 2.07. The second-order valence-electron chi connectivity index (χ2n) is 4.32. The van der Waals surface area contributed by atoms with E-state index in [0.29, 0.717) is 11.3 Å². The van der Waals surface area contributed by atoms with Crippen LogP contribution in [0, 0.1) is 5.82 Å². The van der Waals surface area contributed by atoms with Crippen LogP contribution in [-0.4, -0.2) is 23.9 Å². The van der Waals surface area contributed by atoms with Gasteiger partial charge in [-0.3, -0.25) is 4.79 Å². The first kappa shape index (κ1) is 12.4. The van der Waals surface area contributed by atoms with Gasteiger partial charge in [0.1, 0.15) is 5.82 Å². The summed E-state index contributed by atoms with van der Waals surface area (Å²) in [5.74, 6) is -0.283. The molecule has 0 radical (unpaired) electrons. The fraction of sp³-hybridized carbons (Fsp3) is 0.214. The van der Waals surface area contributed by atoms with Crippen LogP contribution in [0.3, 0.4) is 0 Å². The predicted molar refractivity (Wildman–Crippen MR) is 69.4 cm³/mol. The number of likely N-dealkylation sites (N-methyl/N-ethyl adjacent to an activating group) is 1. The van der Waals surface area contributed by atoms with E-state index in [1.165, 1.54) is 12.1 Å². The summed E-state index contributed by atoms with van der Waals surface area (Å²) >= 11 is 0. The van der Waals surface area contributed by atoms with Crippen molar-refractivity contribution in [3.05, 3.63) is 54.1 Å². The minimum atomic E-state index is -0.300. The first-order valence-electron chi connectivity index (χ1n) is 5.68. The Hall–Kier alpha value is -2.10. The molecule has 3 nitrogen and oxygen atoms in total. The van der Waals surface area contributed by atoms with E-state index in [9.17, 15) is 9.18 Å². The molecule has 0 saturated carbocycles. The molecule has 0 aliphatic rings. The molecule has 0 amide bonds. The van der Waals surface area contributed by atoms with Crippen molar-refractivity contribution in [1.29, 1.82) is 0 Å². The van der Waals surface area contributed by atoms with E-state index in [0.717, 1.165) is 0 Å². The Labute approximate surface area is 105 Å². The number of ketones is 1. The van der Waals surface area contributed by atoms with Crippen LogP contribution < -0.4 is 4.90 Å². The molecule has 2 rings (SSSR count). The number of aromatic nitrogens is 1. The number of anilines is 1. The molecule has 0 atom stereocenters. The van der Waals surface area contributed by atoms with Gasteiger partial charge in [0.2, 0.25) is 0 Å². The molecule has 0 saturated heterocycles. The molecule has 0 unspecified atom stereocenters. The maximum Gasteiger partial charge on any atom is 0.183 e. The van der Waals surface area contributed by atoms with Crippen LogP contribution in [0.5, 0.6) is 0 Å². The first-order valence-corrected chi connectivity index (χ1v) is 5.68. The van der Waals surface area contributed by atoms with Crippen molar-refractivity contribution in [2.75, 3.05) is 18.5 Å². The number of aryl methyl sites for hydroxylation is 1. The number of hydrogen-bond donors (Lipinski definition) is 0. The van der Waals surface area contributed by atoms with Gasteiger partial charge in [0.05, 0.1) is 6.54 Å². The Morgan fingerprint density at radius 3 is 2.78 bits per heavy atom. The topological polar surface area (TPSA) is 25.2 Å². The molecule has 0 aliphatic carbocycles. The maximum absolute atomic E-state index is 13.1. The van der Waals surface area contributed by atoms with Crippen molar-refractivity contribution in [2.45, 2.75) is 0 Å². The Morgan fingerprint density at radius 2 is 2.17 bits per heavy atom. The van der Waals surface area contributed by atoms with Crippen molar-refractivity contribution in [1.82, 2.24) is 4.57 Å². The van der Waals surface area contributed by atoms with E-state index in [2.05, 4.69) is 0 Å². The number of halogens is 1. The first-order chi connectivity index (χ1) is 8.56. The fourth-order valence-electron chi connectivity index (χ4n) is 1.78. The standard InChI is InChI=1S/C14H15FN2O/c1-16-7-6-11(9-16)14(18)10-17(2)13-5-3-4-12(15)8-13/h3-9H,10H2,1-2H3. The Kier molecular flexibility index (Phi) is 3.46. The normalized spacial score (nSPS) is 10.4. The van der Waals surface area contributed by atoms with E-state index in [-0.39, 0.29) is 18.1 Å². The summed E-state index contributed by atoms with van der Waals surface area (Å²) in [6.07, 6.45) is 3.61. The third kappa shape index (κ3) is 2.77. The van der Waals surface area contributed by atoms with Gasteiger partial charge in [0, 0.05) is 37.7 Å². The molecule has 4 heteroatoms. The smallest absolute Gasteiger partial charge is 0.183 e. The van der Waals surface area contributed by atoms with E-state index < -0.39 is 0 Å². The number of hydrogen-bond acceptors (Lipinski definition) is 2. The minimum Gasteiger partial charge on any atom is -0.367 e. The molecule has 1 aromatic heterocycles. The monoisotopic (exact) mass is 246 g/mol. The summed E-state index contributed by atoms with van der Waals surface area (Å²) < 4.78 is 14.9. The van der Waals surface area contributed by atoms with E-state index in [1.54, 1.807) is 36.3 Å². The van der Waals surface area contributed by atoms with E-state index in [4.69, 9.17) is 0 Å². The summed E-state index contributed by atoms with van der Waals surface area (Å²) in [7, 11) is 3.64. The van der Waals surface area contributed by atoms with Crippen LogP contribution in [0.2, 0.25) is 0 Å². The molecule has 0 spiro atoms. The van der Waals surface area contributed by atoms with Crippen LogP contribution in [0.1, 0.15) is 10.4 Å². The highest BCUT2D eigenvalue weighted by molar-refractivity contribution is 5.99. The third-order valence-electron chi connectivity index (χ3n) is 2.78. The van der Waals surface area contributed by atoms with Gasteiger partial charge in [-0.05, 0) is 24.3 Å². The summed E-state index contributed by atoms with van der Waals surface area (Å²) in [4.78, 5) is 13.7. The van der Waals surface area contributed by atoms with Crippen molar-refractivity contribution in [3.63, 3.8) is 0 Å². The summed E-state index contributed by atoms with van der Waals surface area (Å²) in [6, 6.07) is 7.99. The van der Waals surface area contributed by atoms with Gasteiger partial charge in [-0.2, -0.15) is 0 Å². The summed E-state index contributed by atoms with van der Waals surface area (Å²) in [6.45, 7) is 0.230. The number of benzene rings is 1. The maximum atomic E-state index is 13.1. The number of carbonyl (C=O) groups is 1. The molecule has 0 aliphatic heterocycles. The fourth-order valence-corrected chi connectivity index (χ4v) is 1.78. The lowest BCUT2D eigenvalue weighted by Gasteiger charge is -2.18. The summed E-state index contributed by atoms with van der Waals surface area (Å²) in [5, 5.41) is 0. The lowest BCUT2D eigenvalue weighted by molar-refractivity contribution is 0.100. The zero-order valence-corrected chi connectivity index (χ0v) is 10.4. The van der Waals surface area contributed by atoms with Crippen molar-refractivity contribution in [3.8, 4) is 0 Å². The number of rotatable bonds is 4. The average molecular weight is 246 g/mol. The Bertz CT molecular complexity index is 562. The third-order valence-corrected chi connectivity index (χ3v) is 2.78. The quantitative estimate of drug-likeness (QED) is 0.774. The minimum absolute atomic E-state index is 0.0161. The Morgan fingerprint density at radius 1 is 1.39 bits per heavy atom. The van der Waals surface area contributed by atoms with E-state index in [1.807, 2.05) is 17.8 Å². The average Bonchev–Trinajstić information content (AvgIpc) is 2.76. The molecule has 2 aromatic rings. The van der Waals surface area contributed by atoms with Crippen LogP contribution in [0.15, 0.2) is 42.7 Å². The number of nitrogens with zero attached hydrogens (tertiary/aromatic N) is 2. The van der Waals surface area contributed by atoms with Crippen molar-refractivity contribution < 1.29 is 9.18 Å². The molecule has 1 heterocycles. The molecular formula is C14H15FN2O. The van der Waals surface area contributed by atoms with Gasteiger partial charge in [-0.1, -0.05) is 6.07 Å². The lowest BCUT2D eigenvalue weighted by Crippen LogP contribution is -2.25. The zero-order chi connectivity index (χ0) is 13.1. The SMILES string of the molecule is CN(CC(=O)c1ccn(C)c1)c1cccc(F)c1. The molecule has 0 N–H and O–H groups in total. The molecule has 18 heavy (non-hydrogen) atoms. The molecular weight excluding hydrogens is 231 g/mol. The van der Waals surface area contributed by atoms with Crippen molar-refractivity contribution >= 4 is 11.5 Å². The molecule has 94 valence electrons. The van der Waals surface area contributed by atoms with Crippen LogP contribution >= 0.6 is 0 Å². The lowest BCUT2D eigenvalue weighted by atomic mass is 10.2. The number of Topliss-reactive ketones (excluding diaryl/α,β-unsaturated/α-hetero) is 1. The zero-order valence-electron chi connectivity index (χ0n) is 10.4. The second kappa shape index (κ2) is 5.04. The van der Waals surface area contributed by atoms with Gasteiger partial charge < -0.3 is 9.47 Å². The van der Waals surface area contributed by atoms with Gasteiger partial charge in [0.25, 0.3) is 0 Å². The van der Waals surface area contributed by atoms with Gasteiger partial charge in [0.15, 0.2) is 5.78 Å². The van der Waals surface area contributed by atoms with Crippen LogP contribution in [0.25, 0.3) is 0 Å². The highest BCUT2D eigenvalue weighted by atomic mass is 19.1. The second-order valence-corrected chi connectivity index (χ2v) is 4.32. The predicted octanol–water partition coefficient (Wildman–Crippen LogP) is 2.48. The van der Waals surface area contributed by atoms with Crippen molar-refractivity contribution in [2.24, 2.45) is 7.05 Å². The summed E-state index contributed by atoms with van der Waals surface area (Å²) in [5.41, 5.74) is 1.36. The van der Waals surface area contributed by atoms with Crippen LogP contribution in [-0.2, 0) is 7.05 Å². The largest absolute Gasteiger partial charge is 0.367 e. The highest BCUT2D eigenvalue weighted by Gasteiger charge is 2.11. The van der Waals surface area contributed by atoms with Gasteiger partial charge in [-0.15, -0.1) is 0 Å². The van der Waals surface area contributed by atoms with Crippen LogP contribution in [0.4, 0.5) is 10.1 Å². The highest BCUT2D eigenvalue weighted by Crippen LogP contribution is 2.14.